The first-order chi connectivity index (χ1) is 8.09. The van der Waals surface area contributed by atoms with Gasteiger partial charge in [-0.1, -0.05) is 0 Å². The lowest BCUT2D eigenvalue weighted by Gasteiger charge is -2.14. The van der Waals surface area contributed by atoms with Gasteiger partial charge in [-0.05, 0) is 6.42 Å². The van der Waals surface area contributed by atoms with Gasteiger partial charge in [-0.25, -0.2) is 4.79 Å². The fourth-order valence-corrected chi connectivity index (χ4v) is 1.54. The number of hydrogen-bond acceptors (Lipinski definition) is 3. The van der Waals surface area contributed by atoms with Gasteiger partial charge in [0.05, 0.1) is 0 Å². The van der Waals surface area contributed by atoms with Gasteiger partial charge >= 0.3 is 12.0 Å². The largest absolute Gasteiger partial charge is 0.481 e. The minimum absolute atomic E-state index is 0.00194. The van der Waals surface area contributed by atoms with Gasteiger partial charge in [-0.2, -0.15) is 0 Å². The molecule has 0 aliphatic carbocycles. The Balaban J connectivity index is 2.03. The van der Waals surface area contributed by atoms with Crippen LogP contribution in [-0.4, -0.2) is 54.1 Å². The minimum atomic E-state index is -0.897. The topological polar surface area (TPSA) is 98.7 Å². The Morgan fingerprint density at radius 2 is 2.18 bits per heavy atom. The lowest BCUT2D eigenvalue weighted by atomic mass is 10.2. The SMILES string of the molecule is O=C(O)CCCC(=O)NCCN1CCNC1=O. The van der Waals surface area contributed by atoms with Crippen LogP contribution in [0.15, 0.2) is 0 Å². The zero-order valence-corrected chi connectivity index (χ0v) is 9.57. The molecule has 0 radical (unpaired) electrons. The van der Waals surface area contributed by atoms with Crippen LogP contribution >= 0.6 is 0 Å². The monoisotopic (exact) mass is 243 g/mol. The van der Waals surface area contributed by atoms with Crippen molar-refractivity contribution in [3.63, 3.8) is 0 Å². The van der Waals surface area contributed by atoms with Crippen molar-refractivity contribution in [1.29, 1.82) is 0 Å². The summed E-state index contributed by atoms with van der Waals surface area (Å²) in [5.41, 5.74) is 0. The summed E-state index contributed by atoms with van der Waals surface area (Å²) in [6.45, 7) is 2.19. The number of nitrogens with one attached hydrogen (secondary N) is 2. The number of rotatable bonds is 7. The molecule has 0 bridgehead atoms. The number of carbonyl (C=O) groups is 3. The molecular weight excluding hydrogens is 226 g/mol. The quantitative estimate of drug-likeness (QED) is 0.555. The maximum atomic E-state index is 11.3. The molecule has 17 heavy (non-hydrogen) atoms. The Morgan fingerprint density at radius 1 is 1.41 bits per heavy atom. The number of amides is 3. The number of aliphatic carboxylic acids is 1. The highest BCUT2D eigenvalue weighted by Gasteiger charge is 2.18. The van der Waals surface area contributed by atoms with Crippen molar-refractivity contribution in [2.24, 2.45) is 0 Å². The van der Waals surface area contributed by atoms with E-state index in [4.69, 9.17) is 5.11 Å². The Morgan fingerprint density at radius 3 is 2.76 bits per heavy atom. The van der Waals surface area contributed by atoms with Crippen LogP contribution in [0.25, 0.3) is 0 Å². The molecule has 1 aliphatic heterocycles. The third-order valence-electron chi connectivity index (χ3n) is 2.44. The molecule has 0 spiro atoms. The first-order valence-corrected chi connectivity index (χ1v) is 5.61. The molecule has 0 aromatic heterocycles. The third kappa shape index (κ3) is 5.19. The van der Waals surface area contributed by atoms with Crippen LogP contribution in [0.4, 0.5) is 4.79 Å². The highest BCUT2D eigenvalue weighted by molar-refractivity contribution is 5.77. The summed E-state index contributed by atoms with van der Waals surface area (Å²) in [6.07, 6.45) is 0.547. The zero-order valence-electron chi connectivity index (χ0n) is 9.57. The van der Waals surface area contributed by atoms with E-state index in [0.717, 1.165) is 0 Å². The van der Waals surface area contributed by atoms with Crippen molar-refractivity contribution in [3.8, 4) is 0 Å². The van der Waals surface area contributed by atoms with Crippen molar-refractivity contribution in [2.45, 2.75) is 19.3 Å². The van der Waals surface area contributed by atoms with E-state index in [1.807, 2.05) is 0 Å². The van der Waals surface area contributed by atoms with Crippen molar-refractivity contribution in [3.05, 3.63) is 0 Å². The van der Waals surface area contributed by atoms with Crippen molar-refractivity contribution in [2.75, 3.05) is 26.2 Å². The van der Waals surface area contributed by atoms with Gasteiger partial charge in [0.2, 0.25) is 5.91 Å². The van der Waals surface area contributed by atoms with E-state index in [2.05, 4.69) is 10.6 Å². The molecule has 1 aliphatic rings. The van der Waals surface area contributed by atoms with Crippen LogP contribution in [0.2, 0.25) is 0 Å². The average Bonchev–Trinajstić information content (AvgIpc) is 2.64. The third-order valence-corrected chi connectivity index (χ3v) is 2.44. The second kappa shape index (κ2) is 6.72. The molecule has 0 saturated carbocycles. The van der Waals surface area contributed by atoms with Crippen molar-refractivity contribution < 1.29 is 19.5 Å². The van der Waals surface area contributed by atoms with Crippen LogP contribution in [-0.2, 0) is 9.59 Å². The second-order valence-electron chi connectivity index (χ2n) is 3.82. The summed E-state index contributed by atoms with van der Waals surface area (Å²) in [5.74, 6) is -1.07. The Labute approximate surface area is 99.2 Å². The van der Waals surface area contributed by atoms with E-state index in [0.29, 0.717) is 32.6 Å². The Bertz CT molecular complexity index is 306. The standard InChI is InChI=1S/C10H17N3O4/c14-8(2-1-3-9(15)16)11-4-6-13-7-5-12-10(13)17/h1-7H2,(H,11,14)(H,12,17)(H,15,16). The molecule has 0 unspecified atom stereocenters. The predicted molar refractivity (Wildman–Crippen MR) is 59.5 cm³/mol. The van der Waals surface area contributed by atoms with Crippen molar-refractivity contribution >= 4 is 17.9 Å². The summed E-state index contributed by atoms with van der Waals surface area (Å²) < 4.78 is 0. The number of urea groups is 1. The Hall–Kier alpha value is -1.79. The lowest BCUT2D eigenvalue weighted by molar-refractivity contribution is -0.137. The van der Waals surface area contributed by atoms with Gasteiger partial charge in [-0.15, -0.1) is 0 Å². The maximum Gasteiger partial charge on any atom is 0.317 e. The summed E-state index contributed by atoms with van der Waals surface area (Å²) in [5, 5.41) is 13.7. The fraction of sp³-hybridized carbons (Fsp3) is 0.700. The number of hydrogen-bond donors (Lipinski definition) is 3. The van der Waals surface area contributed by atoms with E-state index in [1.165, 1.54) is 0 Å². The first kappa shape index (κ1) is 13.3. The van der Waals surface area contributed by atoms with Gasteiger partial charge in [0, 0.05) is 39.0 Å². The predicted octanol–water partition coefficient (Wildman–Crippen LogP) is -0.617. The van der Waals surface area contributed by atoms with Gasteiger partial charge in [0.15, 0.2) is 0 Å². The van der Waals surface area contributed by atoms with E-state index in [-0.39, 0.29) is 24.8 Å². The molecule has 1 heterocycles. The summed E-state index contributed by atoms with van der Waals surface area (Å²) >= 11 is 0. The van der Waals surface area contributed by atoms with Crippen LogP contribution in [0.1, 0.15) is 19.3 Å². The first-order valence-electron chi connectivity index (χ1n) is 5.61. The van der Waals surface area contributed by atoms with E-state index in [1.54, 1.807) is 4.90 Å². The van der Waals surface area contributed by atoms with Gasteiger partial charge in [0.25, 0.3) is 0 Å². The van der Waals surface area contributed by atoms with Crippen molar-refractivity contribution in [1.82, 2.24) is 15.5 Å². The molecule has 1 saturated heterocycles. The van der Waals surface area contributed by atoms with Gasteiger partial charge in [-0.3, -0.25) is 9.59 Å². The van der Waals surface area contributed by atoms with E-state index >= 15 is 0 Å². The number of carboxylic acid groups (broad SMARTS) is 1. The molecular formula is C10H17N3O4. The molecule has 0 aromatic carbocycles. The smallest absolute Gasteiger partial charge is 0.317 e. The van der Waals surface area contributed by atoms with E-state index in [9.17, 15) is 14.4 Å². The lowest BCUT2D eigenvalue weighted by Crippen LogP contribution is -2.36. The summed E-state index contributed by atoms with van der Waals surface area (Å²) in [7, 11) is 0. The van der Waals surface area contributed by atoms with Crippen LogP contribution < -0.4 is 10.6 Å². The molecule has 1 fully saturated rings. The van der Waals surface area contributed by atoms with Crippen LogP contribution in [0.5, 0.6) is 0 Å². The molecule has 7 nitrogen and oxygen atoms in total. The molecule has 7 heteroatoms. The number of carbonyl (C=O) groups excluding carboxylic acids is 2. The zero-order chi connectivity index (χ0) is 12.7. The maximum absolute atomic E-state index is 11.3. The van der Waals surface area contributed by atoms with Gasteiger partial charge in [0.1, 0.15) is 0 Å². The fourth-order valence-electron chi connectivity index (χ4n) is 1.54. The molecule has 3 N–H and O–H groups in total. The number of carboxylic acids is 1. The average molecular weight is 243 g/mol. The Kier molecular flexibility index (Phi) is 5.25. The van der Waals surface area contributed by atoms with Crippen LogP contribution in [0.3, 0.4) is 0 Å². The van der Waals surface area contributed by atoms with E-state index < -0.39 is 5.97 Å². The molecule has 3 amide bonds. The normalized spacial score (nSPS) is 14.6. The minimum Gasteiger partial charge on any atom is -0.481 e. The highest BCUT2D eigenvalue weighted by Crippen LogP contribution is 1.96. The van der Waals surface area contributed by atoms with Gasteiger partial charge < -0.3 is 20.6 Å². The molecule has 0 aromatic rings. The molecule has 96 valence electrons. The second-order valence-corrected chi connectivity index (χ2v) is 3.82. The molecule has 0 atom stereocenters. The number of nitrogens with zero attached hydrogens (tertiary/aromatic N) is 1. The highest BCUT2D eigenvalue weighted by atomic mass is 16.4. The summed E-state index contributed by atoms with van der Waals surface area (Å²) in [6, 6.07) is -0.106. The summed E-state index contributed by atoms with van der Waals surface area (Å²) in [4.78, 5) is 34.2. The molecule has 1 rings (SSSR count). The van der Waals surface area contributed by atoms with Crippen LogP contribution in [0, 0.1) is 0 Å².